The number of imidazole rings is 1. The van der Waals surface area contributed by atoms with Crippen LogP contribution in [0.15, 0.2) is 18.6 Å². The van der Waals surface area contributed by atoms with Gasteiger partial charge in [0.1, 0.15) is 11.2 Å². The summed E-state index contributed by atoms with van der Waals surface area (Å²) in [5, 5.41) is 0. The zero-order valence-electron chi connectivity index (χ0n) is 7.47. The Bertz CT molecular complexity index is 494. The monoisotopic (exact) mass is 203 g/mol. The van der Waals surface area contributed by atoms with E-state index in [9.17, 15) is 4.79 Å². The second-order valence-electron chi connectivity index (χ2n) is 2.71. The second-order valence-corrected chi connectivity index (χ2v) is 3.27. The molecule has 2 radical (unpaired) electrons. The summed E-state index contributed by atoms with van der Waals surface area (Å²) >= 11 is 2.46. The number of hydrogen-bond acceptors (Lipinski definition) is 4. The molecule has 0 unspecified atom stereocenters. The molecule has 0 bridgehead atoms. The van der Waals surface area contributed by atoms with Crippen molar-refractivity contribution < 1.29 is 9.53 Å². The van der Waals surface area contributed by atoms with Crippen LogP contribution >= 0.6 is 0 Å². The summed E-state index contributed by atoms with van der Waals surface area (Å²) in [6.07, 6.45) is 3.08. The Morgan fingerprint density at radius 2 is 2.36 bits per heavy atom. The molecular weight excluding hydrogens is 197 g/mol. The lowest BCUT2D eigenvalue weighted by Gasteiger charge is -1.98. The van der Waals surface area contributed by atoms with E-state index in [-0.39, 0.29) is 0 Å². The van der Waals surface area contributed by atoms with Crippen LogP contribution in [0.2, 0.25) is 0 Å². The molecular formula is C8H6AlN3O2. The predicted octanol–water partition coefficient (Wildman–Crippen LogP) is 0.149. The molecule has 2 rings (SSSR count). The van der Waals surface area contributed by atoms with E-state index in [1.807, 2.05) is 0 Å². The van der Waals surface area contributed by atoms with E-state index in [4.69, 9.17) is 0 Å². The first kappa shape index (κ1) is 9.19. The van der Waals surface area contributed by atoms with E-state index in [1.165, 1.54) is 13.3 Å². The van der Waals surface area contributed by atoms with Crippen LogP contribution in [0.3, 0.4) is 0 Å². The van der Waals surface area contributed by atoms with Crippen LogP contribution in [-0.4, -0.2) is 43.1 Å². The van der Waals surface area contributed by atoms with E-state index in [0.29, 0.717) is 16.7 Å². The number of aromatic nitrogens is 3. The number of nitrogens with zero attached hydrogens (tertiary/aromatic N) is 3. The SMILES string of the molecule is COC(=O)c1cnc2c(c1)nc[n]2[Al]. The molecule has 0 aliphatic rings. The van der Waals surface area contributed by atoms with Gasteiger partial charge >= 0.3 is 22.5 Å². The van der Waals surface area contributed by atoms with Gasteiger partial charge in [0.05, 0.1) is 19.0 Å². The number of carbonyl (C=O) groups is 1. The molecule has 0 N–H and O–H groups in total. The average Bonchev–Trinajstić information content (AvgIpc) is 2.59. The summed E-state index contributed by atoms with van der Waals surface area (Å²) < 4.78 is 6.28. The van der Waals surface area contributed by atoms with Crippen molar-refractivity contribution >= 4 is 33.6 Å². The van der Waals surface area contributed by atoms with Crippen molar-refractivity contribution in [2.24, 2.45) is 0 Å². The van der Waals surface area contributed by atoms with Gasteiger partial charge in [-0.2, -0.15) is 0 Å². The standard InChI is InChI=1S/C8H7N3O2.Al/c1-13-8(12)5-2-6-7(9-3-5)11-4-10-6;/h2-4H,1H3,(H,9,10,11,12);/q;+1/p-1. The summed E-state index contributed by atoms with van der Waals surface area (Å²) in [6, 6.07) is 1.65. The smallest absolute Gasteiger partial charge is 0.339 e. The molecule has 0 spiro atoms. The molecule has 68 valence electrons. The van der Waals surface area contributed by atoms with Gasteiger partial charge in [-0.25, -0.2) is 14.8 Å². The van der Waals surface area contributed by atoms with Crippen molar-refractivity contribution in [2.75, 3.05) is 7.11 Å². The van der Waals surface area contributed by atoms with Gasteiger partial charge in [-0.1, -0.05) is 0 Å². The van der Waals surface area contributed by atoms with Crippen molar-refractivity contribution in [3.8, 4) is 0 Å². The van der Waals surface area contributed by atoms with Crippen LogP contribution in [0, 0.1) is 0 Å². The summed E-state index contributed by atoms with van der Waals surface area (Å²) in [4.78, 5) is 19.3. The number of pyridine rings is 1. The van der Waals surface area contributed by atoms with Gasteiger partial charge in [0.25, 0.3) is 0 Å². The highest BCUT2D eigenvalue weighted by Crippen LogP contribution is 2.10. The number of hydrogen-bond donors (Lipinski definition) is 0. The molecule has 0 fully saturated rings. The quantitative estimate of drug-likeness (QED) is 0.489. The maximum absolute atomic E-state index is 11.2. The largest absolute Gasteiger partial charge is 0.465 e. The highest BCUT2D eigenvalue weighted by molar-refractivity contribution is 6.10. The zero-order chi connectivity index (χ0) is 10.1. The third-order valence-corrected chi connectivity index (χ3v) is 2.21. The molecule has 0 aliphatic carbocycles. The van der Waals surface area contributed by atoms with Gasteiger partial charge in [-0.05, 0) is 6.07 Å². The predicted molar refractivity (Wildman–Crippen MR) is 50.0 cm³/mol. The van der Waals surface area contributed by atoms with Gasteiger partial charge in [0.2, 0.25) is 0 Å². The van der Waals surface area contributed by atoms with Crippen LogP contribution in [0.4, 0.5) is 0 Å². The Balaban J connectivity index is 2.57. The molecule has 2 heterocycles. The normalized spacial score (nSPS) is 10.4. The lowest BCUT2D eigenvalue weighted by Crippen LogP contribution is -2.02. The summed E-state index contributed by atoms with van der Waals surface area (Å²) in [6.45, 7) is 0. The number of esters is 1. The van der Waals surface area contributed by atoms with Crippen LogP contribution in [0.5, 0.6) is 0 Å². The van der Waals surface area contributed by atoms with E-state index < -0.39 is 5.97 Å². The van der Waals surface area contributed by atoms with Crippen LogP contribution < -0.4 is 0 Å². The second kappa shape index (κ2) is 3.41. The average molecular weight is 203 g/mol. The molecule has 0 amide bonds. The highest BCUT2D eigenvalue weighted by atomic mass is 27.1. The Morgan fingerprint density at radius 3 is 3.07 bits per heavy atom. The molecule has 0 saturated heterocycles. The van der Waals surface area contributed by atoms with Crippen molar-refractivity contribution in [3.63, 3.8) is 0 Å². The van der Waals surface area contributed by atoms with E-state index in [1.54, 1.807) is 15.9 Å². The van der Waals surface area contributed by atoms with Crippen molar-refractivity contribution in [1.82, 2.24) is 13.5 Å². The fourth-order valence-electron chi connectivity index (χ4n) is 1.15. The fraction of sp³-hybridized carbons (Fsp3) is 0.125. The van der Waals surface area contributed by atoms with Crippen LogP contribution in [-0.2, 0) is 4.74 Å². The molecule has 6 heteroatoms. The number of fused-ring (bicyclic) bond motifs is 1. The van der Waals surface area contributed by atoms with Crippen LogP contribution in [0.1, 0.15) is 10.4 Å². The Kier molecular flexibility index (Phi) is 2.24. The minimum Gasteiger partial charge on any atom is -0.465 e. The molecule has 2 aromatic heterocycles. The Labute approximate surface area is 88.4 Å². The molecule has 0 aliphatic heterocycles. The molecule has 2 aromatic rings. The first-order valence-electron chi connectivity index (χ1n) is 3.89. The van der Waals surface area contributed by atoms with E-state index in [2.05, 4.69) is 31.2 Å². The van der Waals surface area contributed by atoms with Gasteiger partial charge in [-0.15, -0.1) is 0 Å². The molecule has 0 atom stereocenters. The molecule has 0 aromatic carbocycles. The number of methoxy groups -OCH3 is 1. The zero-order valence-corrected chi connectivity index (χ0v) is 8.62. The Morgan fingerprint density at radius 1 is 1.57 bits per heavy atom. The third-order valence-electron chi connectivity index (χ3n) is 1.83. The maximum atomic E-state index is 11.2. The minimum absolute atomic E-state index is 0.405. The van der Waals surface area contributed by atoms with Crippen molar-refractivity contribution in [2.45, 2.75) is 0 Å². The minimum atomic E-state index is -0.405. The summed E-state index contributed by atoms with van der Waals surface area (Å²) in [5.41, 5.74) is 1.79. The van der Waals surface area contributed by atoms with Crippen molar-refractivity contribution in [1.29, 1.82) is 0 Å². The first-order valence-corrected chi connectivity index (χ1v) is 4.40. The molecule has 14 heavy (non-hydrogen) atoms. The fourth-order valence-corrected chi connectivity index (χ4v) is 1.41. The van der Waals surface area contributed by atoms with Crippen LogP contribution in [0.25, 0.3) is 11.2 Å². The highest BCUT2D eigenvalue weighted by Gasteiger charge is 2.08. The lowest BCUT2D eigenvalue weighted by atomic mass is 10.3. The maximum Gasteiger partial charge on any atom is 0.339 e. The van der Waals surface area contributed by atoms with Crippen molar-refractivity contribution in [3.05, 3.63) is 24.2 Å². The molecule has 0 saturated carbocycles. The number of carbonyl (C=O) groups excluding carboxylic acids is 1. The molecule has 5 nitrogen and oxygen atoms in total. The Hall–Kier alpha value is -1.38. The first-order chi connectivity index (χ1) is 6.72. The topological polar surface area (TPSA) is 57.0 Å². The number of rotatable bonds is 1. The van der Waals surface area contributed by atoms with Gasteiger partial charge in [-0.3, -0.25) is 0 Å². The van der Waals surface area contributed by atoms with Gasteiger partial charge in [0, 0.05) is 6.20 Å². The van der Waals surface area contributed by atoms with Gasteiger partial charge in [0.15, 0.2) is 0 Å². The summed E-state index contributed by atoms with van der Waals surface area (Å²) in [5.74, 6) is -0.405. The number of ether oxygens (including phenoxy) is 1. The van der Waals surface area contributed by atoms with E-state index in [0.717, 1.165) is 0 Å². The van der Waals surface area contributed by atoms with E-state index >= 15 is 0 Å². The third kappa shape index (κ3) is 1.39. The lowest BCUT2D eigenvalue weighted by molar-refractivity contribution is 0.0600. The summed E-state index contributed by atoms with van der Waals surface area (Å²) in [7, 11) is 1.33. The van der Waals surface area contributed by atoms with Gasteiger partial charge < -0.3 is 8.29 Å².